The molecule has 1 aliphatic heterocycles. The van der Waals surface area contributed by atoms with Crippen molar-refractivity contribution in [2.45, 2.75) is 19.6 Å². The van der Waals surface area contributed by atoms with Crippen LogP contribution in [-0.2, 0) is 11.3 Å². The van der Waals surface area contributed by atoms with Crippen LogP contribution in [0.1, 0.15) is 12.5 Å². The van der Waals surface area contributed by atoms with Crippen molar-refractivity contribution in [2.75, 3.05) is 17.2 Å². The number of rotatable bonds is 6. The van der Waals surface area contributed by atoms with Gasteiger partial charge in [0.25, 0.3) is 6.02 Å². The molecule has 2 heterocycles. The smallest absolute Gasteiger partial charge is 0.289 e. The number of ether oxygens (including phenoxy) is 2. The van der Waals surface area contributed by atoms with Gasteiger partial charge < -0.3 is 20.1 Å². The largest absolute Gasteiger partial charge is 0.487 e. The molecule has 1 atom stereocenters. The first-order valence-electron chi connectivity index (χ1n) is 10.8. The van der Waals surface area contributed by atoms with Crippen LogP contribution in [0.5, 0.6) is 5.75 Å². The SMILES string of the molecule is CC1COC(Nc2ccc3nccc(Nc4ccc(OCc5cccc(F)c5)c(Cl)c4)c3c2)=N1. The average molecular weight is 477 g/mol. The van der Waals surface area contributed by atoms with Gasteiger partial charge in [-0.05, 0) is 67.1 Å². The van der Waals surface area contributed by atoms with E-state index in [2.05, 4.69) is 20.6 Å². The van der Waals surface area contributed by atoms with Crippen molar-refractivity contribution in [2.24, 2.45) is 4.99 Å². The van der Waals surface area contributed by atoms with E-state index in [0.29, 0.717) is 23.4 Å². The summed E-state index contributed by atoms with van der Waals surface area (Å²) in [5, 5.41) is 8.00. The van der Waals surface area contributed by atoms with Gasteiger partial charge in [-0.15, -0.1) is 0 Å². The first kappa shape index (κ1) is 22.0. The van der Waals surface area contributed by atoms with Gasteiger partial charge >= 0.3 is 0 Å². The monoisotopic (exact) mass is 476 g/mol. The third kappa shape index (κ3) is 5.05. The van der Waals surface area contributed by atoms with E-state index in [4.69, 9.17) is 21.1 Å². The summed E-state index contributed by atoms with van der Waals surface area (Å²) in [6.45, 7) is 2.81. The van der Waals surface area contributed by atoms with Crippen molar-refractivity contribution in [1.82, 2.24) is 4.98 Å². The second-order valence-electron chi connectivity index (χ2n) is 8.00. The maximum Gasteiger partial charge on any atom is 0.289 e. The van der Waals surface area contributed by atoms with Gasteiger partial charge in [0.1, 0.15) is 24.8 Å². The van der Waals surface area contributed by atoms with Crippen molar-refractivity contribution in [1.29, 1.82) is 0 Å². The van der Waals surface area contributed by atoms with Crippen LogP contribution in [0.2, 0.25) is 5.02 Å². The second-order valence-corrected chi connectivity index (χ2v) is 8.41. The minimum absolute atomic E-state index is 0.146. The van der Waals surface area contributed by atoms with Crippen molar-refractivity contribution in [3.63, 3.8) is 0 Å². The van der Waals surface area contributed by atoms with Crippen LogP contribution in [0, 0.1) is 5.82 Å². The molecule has 1 aliphatic rings. The molecule has 5 rings (SSSR count). The van der Waals surface area contributed by atoms with Crippen LogP contribution < -0.4 is 15.4 Å². The zero-order valence-corrected chi connectivity index (χ0v) is 19.1. The minimum Gasteiger partial charge on any atom is -0.487 e. The Bertz CT molecular complexity index is 1380. The van der Waals surface area contributed by atoms with Crippen molar-refractivity contribution >= 4 is 45.6 Å². The molecular formula is C26H22ClFN4O2. The Morgan fingerprint density at radius 1 is 1.06 bits per heavy atom. The van der Waals surface area contributed by atoms with Gasteiger partial charge in [-0.1, -0.05) is 23.7 Å². The normalized spacial score (nSPS) is 15.0. The first-order valence-corrected chi connectivity index (χ1v) is 11.2. The standard InChI is InChI=1S/C26H22ClFN4O2/c1-16-14-34-26(30-16)32-19-5-7-23-21(12-19)24(9-10-29-23)31-20-6-8-25(22(27)13-20)33-15-17-3-2-4-18(28)11-17/h2-13,16H,14-15H2,1H3,(H,29,31)(H,30,32). The molecule has 0 radical (unpaired) electrons. The van der Waals surface area contributed by atoms with Gasteiger partial charge in [-0.3, -0.25) is 4.98 Å². The Hall–Kier alpha value is -3.84. The third-order valence-electron chi connectivity index (χ3n) is 5.29. The third-order valence-corrected chi connectivity index (χ3v) is 5.58. The van der Waals surface area contributed by atoms with E-state index < -0.39 is 0 Å². The maximum atomic E-state index is 13.4. The summed E-state index contributed by atoms with van der Waals surface area (Å²) in [6.07, 6.45) is 1.75. The van der Waals surface area contributed by atoms with Crippen LogP contribution in [0.25, 0.3) is 10.9 Å². The Morgan fingerprint density at radius 3 is 2.71 bits per heavy atom. The van der Waals surface area contributed by atoms with E-state index in [1.807, 2.05) is 37.3 Å². The van der Waals surface area contributed by atoms with Crippen LogP contribution in [0.15, 0.2) is 77.9 Å². The Morgan fingerprint density at radius 2 is 1.91 bits per heavy atom. The maximum absolute atomic E-state index is 13.4. The fraction of sp³-hybridized carbons (Fsp3) is 0.154. The zero-order chi connectivity index (χ0) is 23.5. The number of fused-ring (bicyclic) bond motifs is 1. The predicted octanol–water partition coefficient (Wildman–Crippen LogP) is 6.54. The molecule has 6 nitrogen and oxygen atoms in total. The van der Waals surface area contributed by atoms with Gasteiger partial charge in [-0.25, -0.2) is 9.38 Å². The number of anilines is 3. The molecule has 0 saturated heterocycles. The summed E-state index contributed by atoms with van der Waals surface area (Å²) in [4.78, 5) is 8.88. The highest BCUT2D eigenvalue weighted by molar-refractivity contribution is 6.32. The van der Waals surface area contributed by atoms with E-state index in [9.17, 15) is 4.39 Å². The molecule has 3 aromatic carbocycles. The topological polar surface area (TPSA) is 67.8 Å². The molecule has 8 heteroatoms. The van der Waals surface area contributed by atoms with Crippen LogP contribution in [0.4, 0.5) is 21.5 Å². The van der Waals surface area contributed by atoms with E-state index >= 15 is 0 Å². The molecule has 0 aliphatic carbocycles. The summed E-state index contributed by atoms with van der Waals surface area (Å²) in [5.41, 5.74) is 4.11. The molecule has 4 aromatic rings. The van der Waals surface area contributed by atoms with Crippen molar-refractivity contribution in [3.8, 4) is 5.75 Å². The summed E-state index contributed by atoms with van der Waals surface area (Å²) in [6, 6.07) is 20.2. The summed E-state index contributed by atoms with van der Waals surface area (Å²) in [7, 11) is 0. The number of aromatic nitrogens is 1. The summed E-state index contributed by atoms with van der Waals surface area (Å²) in [5.74, 6) is 0.224. The fourth-order valence-corrected chi connectivity index (χ4v) is 3.87. The summed E-state index contributed by atoms with van der Waals surface area (Å²) >= 11 is 6.45. The van der Waals surface area contributed by atoms with Crippen LogP contribution in [-0.4, -0.2) is 23.7 Å². The van der Waals surface area contributed by atoms with Crippen LogP contribution in [0.3, 0.4) is 0 Å². The van der Waals surface area contributed by atoms with Gasteiger partial charge in [0.2, 0.25) is 0 Å². The van der Waals surface area contributed by atoms with Crippen LogP contribution >= 0.6 is 11.6 Å². The lowest BCUT2D eigenvalue weighted by molar-refractivity contribution is 0.306. The first-order chi connectivity index (χ1) is 16.5. The highest BCUT2D eigenvalue weighted by Crippen LogP contribution is 2.32. The number of amidine groups is 1. The number of halogens is 2. The molecule has 1 aromatic heterocycles. The van der Waals surface area contributed by atoms with Gasteiger partial charge in [-0.2, -0.15) is 0 Å². The Balaban J connectivity index is 1.33. The number of pyridine rings is 1. The minimum atomic E-state index is -0.298. The Kier molecular flexibility index (Phi) is 6.18. The molecule has 2 N–H and O–H groups in total. The average Bonchev–Trinajstić information content (AvgIpc) is 3.23. The van der Waals surface area contributed by atoms with Crippen molar-refractivity contribution in [3.05, 3.63) is 89.3 Å². The molecule has 172 valence electrons. The molecule has 0 spiro atoms. The Labute approximate surface area is 201 Å². The molecule has 1 unspecified atom stereocenters. The van der Waals surface area contributed by atoms with Gasteiger partial charge in [0.05, 0.1) is 16.6 Å². The number of hydrogen-bond donors (Lipinski definition) is 2. The van der Waals surface area contributed by atoms with Gasteiger partial charge in [0, 0.05) is 28.6 Å². The van der Waals surface area contributed by atoms with E-state index in [0.717, 1.165) is 33.5 Å². The molecular weight excluding hydrogens is 455 g/mol. The molecule has 0 saturated carbocycles. The van der Waals surface area contributed by atoms with E-state index in [-0.39, 0.29) is 18.5 Å². The predicted molar refractivity (Wildman–Crippen MR) is 134 cm³/mol. The number of nitrogens with zero attached hydrogens (tertiary/aromatic N) is 2. The fourth-order valence-electron chi connectivity index (χ4n) is 3.64. The molecule has 34 heavy (non-hydrogen) atoms. The lowest BCUT2D eigenvalue weighted by atomic mass is 10.1. The highest BCUT2D eigenvalue weighted by Gasteiger charge is 2.15. The second kappa shape index (κ2) is 9.57. The number of benzene rings is 3. The molecule has 0 amide bonds. The highest BCUT2D eigenvalue weighted by atomic mass is 35.5. The lowest BCUT2D eigenvalue weighted by Crippen LogP contribution is -2.11. The van der Waals surface area contributed by atoms with E-state index in [1.54, 1.807) is 30.5 Å². The molecule has 0 bridgehead atoms. The van der Waals surface area contributed by atoms with E-state index in [1.165, 1.54) is 12.1 Å². The number of aliphatic imine (C=N–C) groups is 1. The number of hydrogen-bond acceptors (Lipinski definition) is 6. The zero-order valence-electron chi connectivity index (χ0n) is 18.4. The van der Waals surface area contributed by atoms with Gasteiger partial charge in [0.15, 0.2) is 0 Å². The number of nitrogens with one attached hydrogen (secondary N) is 2. The summed E-state index contributed by atoms with van der Waals surface area (Å²) < 4.78 is 24.7. The molecule has 0 fully saturated rings. The quantitative estimate of drug-likeness (QED) is 0.331. The van der Waals surface area contributed by atoms with Crippen molar-refractivity contribution < 1.29 is 13.9 Å². The lowest BCUT2D eigenvalue weighted by Gasteiger charge is -2.13.